The number of rotatable bonds is 2. The first kappa shape index (κ1) is 12.4. The van der Waals surface area contributed by atoms with Crippen LogP contribution in [-0.4, -0.2) is 19.2 Å². The fourth-order valence-corrected chi connectivity index (χ4v) is 2.42. The van der Waals surface area contributed by atoms with Crippen LogP contribution in [0.3, 0.4) is 0 Å². The Balaban J connectivity index is 2.10. The monoisotopic (exact) mass is 294 g/mol. The number of nitrogens with one attached hydrogen (secondary N) is 1. The Morgan fingerprint density at radius 2 is 2.35 bits per heavy atom. The van der Waals surface area contributed by atoms with Crippen molar-refractivity contribution in [1.82, 2.24) is 5.32 Å². The van der Waals surface area contributed by atoms with Gasteiger partial charge >= 0.3 is 0 Å². The summed E-state index contributed by atoms with van der Waals surface area (Å²) in [5, 5.41) is 12.1. The van der Waals surface area contributed by atoms with Crippen molar-refractivity contribution in [1.29, 1.82) is 5.26 Å². The minimum Gasteiger partial charge on any atom is -0.488 e. The number of nitrogens with zero attached hydrogens (tertiary/aromatic N) is 1. The molecule has 1 aromatic rings. The maximum atomic E-state index is 8.79. The van der Waals surface area contributed by atoms with Crippen molar-refractivity contribution in [3.05, 3.63) is 28.2 Å². The highest BCUT2D eigenvalue weighted by molar-refractivity contribution is 9.10. The number of piperidine rings is 1. The van der Waals surface area contributed by atoms with Crippen LogP contribution >= 0.6 is 15.9 Å². The van der Waals surface area contributed by atoms with Crippen molar-refractivity contribution < 1.29 is 4.74 Å². The van der Waals surface area contributed by atoms with Gasteiger partial charge < -0.3 is 10.1 Å². The first-order valence-electron chi connectivity index (χ1n) is 5.77. The maximum Gasteiger partial charge on any atom is 0.134 e. The predicted octanol–water partition coefficient (Wildman–Crippen LogP) is 2.70. The zero-order valence-electron chi connectivity index (χ0n) is 9.74. The lowest BCUT2D eigenvalue weighted by Crippen LogP contribution is -2.42. The summed E-state index contributed by atoms with van der Waals surface area (Å²) in [6.45, 7) is 4.16. The Kier molecular flexibility index (Phi) is 4.03. The molecule has 0 bridgehead atoms. The highest BCUT2D eigenvalue weighted by atomic mass is 79.9. The van der Waals surface area contributed by atoms with Gasteiger partial charge in [-0.05, 0) is 53.0 Å². The number of halogens is 1. The molecule has 2 unspecified atom stereocenters. The van der Waals surface area contributed by atoms with Crippen LogP contribution in [0.2, 0.25) is 0 Å². The number of ether oxygens (including phenoxy) is 1. The third kappa shape index (κ3) is 2.99. The van der Waals surface area contributed by atoms with Crippen molar-refractivity contribution in [3.63, 3.8) is 0 Å². The normalized spacial score (nSPS) is 24.1. The molecule has 90 valence electrons. The van der Waals surface area contributed by atoms with Crippen molar-refractivity contribution >= 4 is 15.9 Å². The molecule has 1 aliphatic heterocycles. The first-order valence-corrected chi connectivity index (χ1v) is 6.57. The van der Waals surface area contributed by atoms with E-state index in [0.717, 1.165) is 29.7 Å². The van der Waals surface area contributed by atoms with Gasteiger partial charge in [0.05, 0.1) is 16.1 Å². The van der Waals surface area contributed by atoms with Crippen LogP contribution in [0.5, 0.6) is 5.75 Å². The van der Waals surface area contributed by atoms with E-state index in [0.29, 0.717) is 11.5 Å². The minimum absolute atomic E-state index is 0.202. The van der Waals surface area contributed by atoms with E-state index in [2.05, 4.69) is 34.2 Å². The SMILES string of the molecule is CC1CCNCC1Oc1ccc(C#N)cc1Br. The molecule has 1 fully saturated rings. The van der Waals surface area contributed by atoms with Gasteiger partial charge in [-0.15, -0.1) is 0 Å². The Morgan fingerprint density at radius 1 is 1.53 bits per heavy atom. The van der Waals surface area contributed by atoms with Gasteiger partial charge in [-0.25, -0.2) is 0 Å². The van der Waals surface area contributed by atoms with Gasteiger partial charge in [0.15, 0.2) is 0 Å². The topological polar surface area (TPSA) is 45.0 Å². The van der Waals surface area contributed by atoms with Gasteiger partial charge in [0, 0.05) is 6.54 Å². The Bertz CT molecular complexity index is 442. The lowest BCUT2D eigenvalue weighted by molar-refractivity contribution is 0.114. The number of hydrogen-bond donors (Lipinski definition) is 1. The lowest BCUT2D eigenvalue weighted by atomic mass is 9.97. The summed E-state index contributed by atoms with van der Waals surface area (Å²) in [4.78, 5) is 0. The molecule has 17 heavy (non-hydrogen) atoms. The van der Waals surface area contributed by atoms with Gasteiger partial charge in [0.1, 0.15) is 11.9 Å². The summed E-state index contributed by atoms with van der Waals surface area (Å²) in [5.74, 6) is 1.36. The Labute approximate surface area is 110 Å². The van der Waals surface area contributed by atoms with E-state index < -0.39 is 0 Å². The largest absolute Gasteiger partial charge is 0.488 e. The molecule has 0 saturated carbocycles. The van der Waals surface area contributed by atoms with Gasteiger partial charge in [-0.1, -0.05) is 6.92 Å². The van der Waals surface area contributed by atoms with Gasteiger partial charge in [-0.2, -0.15) is 5.26 Å². The van der Waals surface area contributed by atoms with Crippen molar-refractivity contribution in [2.24, 2.45) is 5.92 Å². The molecule has 0 aliphatic carbocycles. The van der Waals surface area contributed by atoms with Crippen LogP contribution < -0.4 is 10.1 Å². The zero-order chi connectivity index (χ0) is 12.3. The van der Waals surface area contributed by atoms with Gasteiger partial charge in [0.25, 0.3) is 0 Å². The van der Waals surface area contributed by atoms with Crippen LogP contribution in [-0.2, 0) is 0 Å². The van der Waals surface area contributed by atoms with Crippen molar-refractivity contribution in [3.8, 4) is 11.8 Å². The van der Waals surface area contributed by atoms with Gasteiger partial charge in [0.2, 0.25) is 0 Å². The lowest BCUT2D eigenvalue weighted by Gasteiger charge is -2.30. The second-order valence-electron chi connectivity index (χ2n) is 4.38. The maximum absolute atomic E-state index is 8.79. The minimum atomic E-state index is 0.202. The third-order valence-corrected chi connectivity index (χ3v) is 3.72. The summed E-state index contributed by atoms with van der Waals surface area (Å²) in [6.07, 6.45) is 1.34. The number of benzene rings is 1. The van der Waals surface area contributed by atoms with E-state index in [9.17, 15) is 0 Å². The molecule has 2 rings (SSSR count). The third-order valence-electron chi connectivity index (χ3n) is 3.10. The second-order valence-corrected chi connectivity index (χ2v) is 5.24. The van der Waals surface area contributed by atoms with Crippen LogP contribution in [0.15, 0.2) is 22.7 Å². The number of nitriles is 1. The highest BCUT2D eigenvalue weighted by Gasteiger charge is 2.23. The molecule has 1 aliphatic rings. The Morgan fingerprint density at radius 3 is 3.00 bits per heavy atom. The summed E-state index contributed by atoms with van der Waals surface area (Å²) in [5.41, 5.74) is 0.638. The molecule has 1 aromatic carbocycles. The van der Waals surface area contributed by atoms with Gasteiger partial charge in [-0.3, -0.25) is 0 Å². The predicted molar refractivity (Wildman–Crippen MR) is 69.9 cm³/mol. The molecule has 2 atom stereocenters. The van der Waals surface area contributed by atoms with Crippen LogP contribution in [0.25, 0.3) is 0 Å². The Hall–Kier alpha value is -1.05. The molecule has 3 nitrogen and oxygen atoms in total. The van der Waals surface area contributed by atoms with E-state index >= 15 is 0 Å². The highest BCUT2D eigenvalue weighted by Crippen LogP contribution is 2.28. The molecule has 1 heterocycles. The molecular formula is C13H15BrN2O. The molecule has 1 N–H and O–H groups in total. The fraction of sp³-hybridized carbons (Fsp3) is 0.462. The van der Waals surface area contributed by atoms with E-state index in [4.69, 9.17) is 10.00 Å². The zero-order valence-corrected chi connectivity index (χ0v) is 11.3. The molecule has 0 spiro atoms. The molecule has 0 aromatic heterocycles. The standard InChI is InChI=1S/C13H15BrN2O/c1-9-4-5-16-8-13(9)17-12-3-2-10(7-15)6-11(12)14/h2-3,6,9,13,16H,4-5,8H2,1H3. The fourth-order valence-electron chi connectivity index (χ4n) is 1.95. The molecule has 0 radical (unpaired) electrons. The van der Waals surface area contributed by atoms with Crippen LogP contribution in [0.4, 0.5) is 0 Å². The van der Waals surface area contributed by atoms with E-state index in [-0.39, 0.29) is 6.10 Å². The second kappa shape index (κ2) is 5.52. The van der Waals surface area contributed by atoms with E-state index in [1.54, 1.807) is 12.1 Å². The average Bonchev–Trinajstić information content (AvgIpc) is 2.34. The van der Waals surface area contributed by atoms with Crippen LogP contribution in [0, 0.1) is 17.2 Å². The molecular weight excluding hydrogens is 280 g/mol. The first-order chi connectivity index (χ1) is 8.20. The quantitative estimate of drug-likeness (QED) is 0.912. The summed E-state index contributed by atoms with van der Waals surface area (Å²) < 4.78 is 6.82. The molecule has 4 heteroatoms. The average molecular weight is 295 g/mol. The molecule has 0 amide bonds. The molecule has 1 saturated heterocycles. The van der Waals surface area contributed by atoms with Crippen molar-refractivity contribution in [2.45, 2.75) is 19.4 Å². The van der Waals surface area contributed by atoms with Crippen LogP contribution in [0.1, 0.15) is 18.9 Å². The summed E-state index contributed by atoms with van der Waals surface area (Å²) >= 11 is 3.44. The summed E-state index contributed by atoms with van der Waals surface area (Å²) in [7, 11) is 0. The smallest absolute Gasteiger partial charge is 0.134 e. The number of hydrogen-bond acceptors (Lipinski definition) is 3. The van der Waals surface area contributed by atoms with E-state index in [1.165, 1.54) is 0 Å². The van der Waals surface area contributed by atoms with Crippen molar-refractivity contribution in [2.75, 3.05) is 13.1 Å². The van der Waals surface area contributed by atoms with E-state index in [1.807, 2.05) is 6.07 Å². The summed E-state index contributed by atoms with van der Waals surface area (Å²) in [6, 6.07) is 7.53.